The molecule has 1 aromatic carbocycles. The Morgan fingerprint density at radius 3 is 2.34 bits per heavy atom. The number of para-hydroxylation sites is 1. The van der Waals surface area contributed by atoms with Gasteiger partial charge in [-0.05, 0) is 56.8 Å². The molecular formula is C21H21F2N5O3S. The zero-order chi connectivity index (χ0) is 23.5. The first-order chi connectivity index (χ1) is 15.0. The second-order valence-electron chi connectivity index (χ2n) is 7.68. The van der Waals surface area contributed by atoms with Crippen molar-refractivity contribution < 1.29 is 23.1 Å². The Hall–Kier alpha value is -3.34. The molecule has 0 fully saturated rings. The summed E-state index contributed by atoms with van der Waals surface area (Å²) in [6.45, 7) is 4.91. The predicted octanol–water partition coefficient (Wildman–Crippen LogP) is 4.47. The molecule has 0 aliphatic rings. The van der Waals surface area contributed by atoms with Crippen LogP contribution in [0.25, 0.3) is 11.4 Å². The Morgan fingerprint density at radius 2 is 1.75 bits per heavy atom. The number of carbonyl (C=O) groups is 2. The first-order valence-corrected chi connectivity index (χ1v) is 10.3. The van der Waals surface area contributed by atoms with Gasteiger partial charge in [-0.15, -0.1) is 10.2 Å². The van der Waals surface area contributed by atoms with Gasteiger partial charge in [0.25, 0.3) is 0 Å². The molecule has 168 valence electrons. The van der Waals surface area contributed by atoms with Gasteiger partial charge in [0.05, 0.1) is 0 Å². The number of carbonyl (C=O) groups excluding carboxylic acids is 2. The molecule has 0 unspecified atom stereocenters. The van der Waals surface area contributed by atoms with E-state index in [1.807, 2.05) is 0 Å². The number of pyridine rings is 1. The van der Waals surface area contributed by atoms with Gasteiger partial charge in [0.15, 0.2) is 5.82 Å². The fourth-order valence-electron chi connectivity index (χ4n) is 2.61. The van der Waals surface area contributed by atoms with Crippen LogP contribution in [0.4, 0.5) is 19.3 Å². The molecule has 3 aromatic rings. The molecule has 0 aliphatic heterocycles. The second kappa shape index (κ2) is 9.03. The number of rotatable bonds is 5. The third kappa shape index (κ3) is 5.28. The number of thioether (sulfide) groups is 1. The maximum Gasteiger partial charge on any atom is 0.422 e. The van der Waals surface area contributed by atoms with E-state index in [2.05, 4.69) is 15.2 Å². The van der Waals surface area contributed by atoms with Gasteiger partial charge in [-0.1, -0.05) is 18.2 Å². The van der Waals surface area contributed by atoms with Crippen LogP contribution in [0.3, 0.4) is 0 Å². The summed E-state index contributed by atoms with van der Waals surface area (Å²) in [6.07, 6.45) is 1.97. The van der Waals surface area contributed by atoms with Crippen LogP contribution in [0.5, 0.6) is 0 Å². The lowest BCUT2D eigenvalue weighted by Gasteiger charge is -2.23. The van der Waals surface area contributed by atoms with Crippen molar-refractivity contribution in [3.63, 3.8) is 0 Å². The van der Waals surface area contributed by atoms with Crippen molar-refractivity contribution in [1.29, 1.82) is 0 Å². The second-order valence-corrected chi connectivity index (χ2v) is 8.76. The minimum Gasteiger partial charge on any atom is -0.443 e. The highest BCUT2D eigenvalue weighted by Crippen LogP contribution is 2.38. The molecule has 1 amide bonds. The zero-order valence-corrected chi connectivity index (χ0v) is 18.6. The van der Waals surface area contributed by atoms with Crippen molar-refractivity contribution in [3.8, 4) is 11.4 Å². The maximum atomic E-state index is 15.0. The lowest BCUT2D eigenvalue weighted by molar-refractivity contribution is -0.131. The average Bonchev–Trinajstić information content (AvgIpc) is 3.15. The maximum absolute atomic E-state index is 15.0. The summed E-state index contributed by atoms with van der Waals surface area (Å²) in [5.41, 5.74) is -0.238. The Bertz CT molecular complexity index is 1100. The third-order valence-electron chi connectivity index (χ3n) is 4.05. The van der Waals surface area contributed by atoms with E-state index in [9.17, 15) is 18.4 Å². The number of hydrogen-bond acceptors (Lipinski definition) is 7. The van der Waals surface area contributed by atoms with E-state index in [1.54, 1.807) is 51.1 Å². The number of ether oxygens (including phenoxy) is 1. The lowest BCUT2D eigenvalue weighted by atomic mass is 10.2. The Balaban J connectivity index is 1.97. The highest BCUT2D eigenvalue weighted by Gasteiger charge is 2.45. The van der Waals surface area contributed by atoms with E-state index in [1.165, 1.54) is 31.6 Å². The Morgan fingerprint density at radius 1 is 1.06 bits per heavy atom. The molecule has 0 N–H and O–H groups in total. The smallest absolute Gasteiger partial charge is 0.422 e. The number of alkyl halides is 2. The molecule has 3 rings (SSSR count). The van der Waals surface area contributed by atoms with Crippen LogP contribution in [-0.2, 0) is 9.53 Å². The van der Waals surface area contributed by atoms with Gasteiger partial charge in [-0.2, -0.15) is 8.78 Å². The molecular weight excluding hydrogens is 440 g/mol. The van der Waals surface area contributed by atoms with Crippen LogP contribution < -0.4 is 4.90 Å². The minimum absolute atomic E-state index is 0.0329. The normalized spacial score (nSPS) is 11.8. The monoisotopic (exact) mass is 461 g/mol. The zero-order valence-electron chi connectivity index (χ0n) is 17.8. The number of anilines is 1. The first kappa shape index (κ1) is 23.3. The topological polar surface area (TPSA) is 90.2 Å². The fraction of sp³-hybridized carbons (Fsp3) is 0.286. The predicted molar refractivity (Wildman–Crippen MR) is 116 cm³/mol. The van der Waals surface area contributed by atoms with Gasteiger partial charge >= 0.3 is 17.3 Å². The molecule has 0 saturated heterocycles. The summed E-state index contributed by atoms with van der Waals surface area (Å²) < 4.78 is 36.1. The number of halogens is 2. The molecule has 0 spiro atoms. The van der Waals surface area contributed by atoms with E-state index in [4.69, 9.17) is 4.74 Å². The van der Waals surface area contributed by atoms with Crippen molar-refractivity contribution in [3.05, 3.63) is 54.9 Å². The average molecular weight is 461 g/mol. The van der Waals surface area contributed by atoms with Gasteiger partial charge in [0.1, 0.15) is 5.60 Å². The Kier molecular flexibility index (Phi) is 6.58. The standard InChI is InChI=1S/C21H21F2N5O3S/c1-20(2,3)31-19(30)28-16(14-9-8-12-24-13-14)25-26-18(28)32-21(22,23)17(29)27(4)15-10-6-5-7-11-15/h5-13H,1-4H3. The van der Waals surface area contributed by atoms with E-state index >= 15 is 0 Å². The van der Waals surface area contributed by atoms with Crippen molar-refractivity contribution in [2.24, 2.45) is 0 Å². The summed E-state index contributed by atoms with van der Waals surface area (Å²) in [5, 5.41) is 3.19. The molecule has 0 atom stereocenters. The minimum atomic E-state index is -3.94. The quantitative estimate of drug-likeness (QED) is 0.518. The van der Waals surface area contributed by atoms with Gasteiger partial charge < -0.3 is 9.64 Å². The largest absolute Gasteiger partial charge is 0.443 e. The van der Waals surface area contributed by atoms with Gasteiger partial charge in [0.2, 0.25) is 5.16 Å². The van der Waals surface area contributed by atoms with Crippen LogP contribution in [0.15, 0.2) is 60.0 Å². The van der Waals surface area contributed by atoms with Crippen molar-refractivity contribution in [2.45, 2.75) is 36.8 Å². The summed E-state index contributed by atoms with van der Waals surface area (Å²) in [4.78, 5) is 30.2. The van der Waals surface area contributed by atoms with Crippen LogP contribution in [0.2, 0.25) is 0 Å². The number of benzene rings is 1. The van der Waals surface area contributed by atoms with Crippen LogP contribution in [0, 0.1) is 0 Å². The highest BCUT2D eigenvalue weighted by molar-refractivity contribution is 8.01. The van der Waals surface area contributed by atoms with Crippen LogP contribution in [0.1, 0.15) is 20.8 Å². The van der Waals surface area contributed by atoms with Crippen molar-refractivity contribution >= 4 is 29.4 Å². The van der Waals surface area contributed by atoms with E-state index < -0.39 is 28.0 Å². The van der Waals surface area contributed by atoms with E-state index in [0.29, 0.717) is 11.3 Å². The fourth-order valence-corrected chi connectivity index (χ4v) is 3.40. The molecule has 32 heavy (non-hydrogen) atoms. The highest BCUT2D eigenvalue weighted by atomic mass is 32.2. The number of hydrogen-bond donors (Lipinski definition) is 0. The summed E-state index contributed by atoms with van der Waals surface area (Å²) in [5.74, 6) is -1.51. The molecule has 8 nitrogen and oxygen atoms in total. The number of aromatic nitrogens is 4. The third-order valence-corrected chi connectivity index (χ3v) is 4.92. The molecule has 11 heteroatoms. The SMILES string of the molecule is CN(C(=O)C(F)(F)Sc1nnc(-c2cccnc2)n1C(=O)OC(C)(C)C)c1ccccc1. The summed E-state index contributed by atoms with van der Waals surface area (Å²) in [7, 11) is 1.24. The van der Waals surface area contributed by atoms with E-state index in [-0.39, 0.29) is 17.6 Å². The molecule has 2 heterocycles. The number of amides is 1. The van der Waals surface area contributed by atoms with Gasteiger partial charge in [-0.25, -0.2) is 9.36 Å². The van der Waals surface area contributed by atoms with E-state index in [0.717, 1.165) is 9.47 Å². The van der Waals surface area contributed by atoms with Gasteiger partial charge in [0, 0.05) is 30.7 Å². The first-order valence-electron chi connectivity index (χ1n) is 9.49. The summed E-state index contributed by atoms with van der Waals surface area (Å²) >= 11 is -0.183. The lowest BCUT2D eigenvalue weighted by Crippen LogP contribution is -2.39. The molecule has 0 saturated carbocycles. The Labute approximate surface area is 187 Å². The summed E-state index contributed by atoms with van der Waals surface area (Å²) in [6, 6.07) is 11.2. The molecule has 0 bridgehead atoms. The number of nitrogens with zero attached hydrogens (tertiary/aromatic N) is 5. The van der Waals surface area contributed by atoms with Crippen LogP contribution >= 0.6 is 11.8 Å². The molecule has 0 radical (unpaired) electrons. The molecule has 0 aliphatic carbocycles. The van der Waals surface area contributed by atoms with Crippen LogP contribution in [-0.4, -0.2) is 49.7 Å². The van der Waals surface area contributed by atoms with Gasteiger partial charge in [-0.3, -0.25) is 9.78 Å². The van der Waals surface area contributed by atoms with Crippen molar-refractivity contribution in [2.75, 3.05) is 11.9 Å². The molecule has 2 aromatic heterocycles. The van der Waals surface area contributed by atoms with Crippen molar-refractivity contribution in [1.82, 2.24) is 19.7 Å².